The second kappa shape index (κ2) is 5.45. The van der Waals surface area contributed by atoms with E-state index in [9.17, 15) is 0 Å². The number of hydrogen-bond acceptors (Lipinski definition) is 0. The van der Waals surface area contributed by atoms with Crippen molar-refractivity contribution in [3.05, 3.63) is 76.9 Å². The largest absolute Gasteiger partial charge is 0.344 e. The molecule has 0 N–H and O–H groups in total. The van der Waals surface area contributed by atoms with Crippen LogP contribution in [0.4, 0.5) is 0 Å². The molecule has 0 aliphatic carbocycles. The van der Waals surface area contributed by atoms with Crippen LogP contribution in [-0.4, -0.2) is 4.57 Å². The Kier molecular flexibility index (Phi) is 3.51. The number of allylic oxidation sites excluding steroid dienone is 1. The van der Waals surface area contributed by atoms with E-state index in [1.807, 2.05) is 6.07 Å². The quantitative estimate of drug-likeness (QED) is 0.633. The lowest BCUT2D eigenvalue weighted by molar-refractivity contribution is 0.866. The molecule has 3 rings (SSSR count). The molecular weight excluding hydrogens is 298 g/mol. The van der Waals surface area contributed by atoms with E-state index in [4.69, 9.17) is 0 Å². The van der Waals surface area contributed by atoms with E-state index >= 15 is 0 Å². The van der Waals surface area contributed by atoms with Gasteiger partial charge < -0.3 is 4.57 Å². The zero-order valence-electron chi connectivity index (χ0n) is 10.5. The van der Waals surface area contributed by atoms with Crippen LogP contribution in [0.3, 0.4) is 0 Å². The van der Waals surface area contributed by atoms with Crippen molar-refractivity contribution in [2.24, 2.45) is 0 Å². The summed E-state index contributed by atoms with van der Waals surface area (Å²) < 4.78 is 3.37. The third kappa shape index (κ3) is 2.79. The number of fused-ring (bicyclic) bond motifs is 1. The van der Waals surface area contributed by atoms with Crippen molar-refractivity contribution in [3.8, 4) is 0 Å². The summed E-state index contributed by atoms with van der Waals surface area (Å²) in [7, 11) is 0. The Morgan fingerprint density at radius 1 is 1.00 bits per heavy atom. The van der Waals surface area contributed by atoms with Gasteiger partial charge in [-0.05, 0) is 29.1 Å². The molecule has 0 saturated carbocycles. The first-order chi connectivity index (χ1) is 9.33. The van der Waals surface area contributed by atoms with Crippen LogP contribution in [0.5, 0.6) is 0 Å². The van der Waals surface area contributed by atoms with Gasteiger partial charge in [-0.25, -0.2) is 0 Å². The molecule has 0 atom stereocenters. The Hall–Kier alpha value is -1.80. The minimum Gasteiger partial charge on any atom is -0.344 e. The van der Waals surface area contributed by atoms with Crippen LogP contribution < -0.4 is 0 Å². The van der Waals surface area contributed by atoms with Crippen LogP contribution in [0.15, 0.2) is 71.3 Å². The Labute approximate surface area is 121 Å². The molecule has 1 nitrogen and oxygen atoms in total. The Morgan fingerprint density at radius 3 is 2.68 bits per heavy atom. The molecule has 0 bridgehead atoms. The normalized spacial score (nSPS) is 11.4. The van der Waals surface area contributed by atoms with Crippen LogP contribution in [0.2, 0.25) is 0 Å². The maximum Gasteiger partial charge on any atom is 0.0494 e. The highest BCUT2D eigenvalue weighted by atomic mass is 79.9. The maximum atomic E-state index is 3.52. The highest BCUT2D eigenvalue weighted by molar-refractivity contribution is 9.10. The van der Waals surface area contributed by atoms with Crippen molar-refractivity contribution < 1.29 is 0 Å². The monoisotopic (exact) mass is 311 g/mol. The molecule has 2 heteroatoms. The predicted octanol–water partition coefficient (Wildman–Crippen LogP) is 5.12. The summed E-state index contributed by atoms with van der Waals surface area (Å²) in [5.74, 6) is 0. The molecule has 1 aromatic heterocycles. The summed E-state index contributed by atoms with van der Waals surface area (Å²) >= 11 is 3.52. The molecule has 0 aliphatic rings. The van der Waals surface area contributed by atoms with Crippen molar-refractivity contribution in [2.45, 2.75) is 6.54 Å². The van der Waals surface area contributed by atoms with E-state index in [1.165, 1.54) is 16.5 Å². The zero-order chi connectivity index (χ0) is 13.1. The topological polar surface area (TPSA) is 4.93 Å². The van der Waals surface area contributed by atoms with Crippen LogP contribution in [0, 0.1) is 0 Å². The number of halogens is 1. The van der Waals surface area contributed by atoms with Gasteiger partial charge in [0.2, 0.25) is 0 Å². The van der Waals surface area contributed by atoms with E-state index in [-0.39, 0.29) is 0 Å². The van der Waals surface area contributed by atoms with Gasteiger partial charge in [-0.15, -0.1) is 0 Å². The molecule has 2 aromatic carbocycles. The summed E-state index contributed by atoms with van der Waals surface area (Å²) in [4.78, 5) is 0. The van der Waals surface area contributed by atoms with E-state index < -0.39 is 0 Å². The Balaban J connectivity index is 1.82. The molecule has 3 aromatic rings. The predicted molar refractivity (Wildman–Crippen MR) is 85.1 cm³/mol. The summed E-state index contributed by atoms with van der Waals surface area (Å²) in [6.45, 7) is 0.884. The van der Waals surface area contributed by atoms with Gasteiger partial charge in [0.05, 0.1) is 0 Å². The smallest absolute Gasteiger partial charge is 0.0494 e. The second-order valence-electron chi connectivity index (χ2n) is 4.48. The first-order valence-corrected chi connectivity index (χ1v) is 7.08. The minimum atomic E-state index is 0.884. The average Bonchev–Trinajstić information content (AvgIpc) is 2.83. The van der Waals surface area contributed by atoms with E-state index in [0.717, 1.165) is 11.0 Å². The molecular formula is C17H14BrN. The lowest BCUT2D eigenvalue weighted by Crippen LogP contribution is -1.92. The number of aromatic nitrogens is 1. The summed E-state index contributed by atoms with van der Waals surface area (Å²) in [6, 6.07) is 18.9. The molecule has 0 fully saturated rings. The van der Waals surface area contributed by atoms with Gasteiger partial charge in [0.25, 0.3) is 0 Å². The number of nitrogens with zero attached hydrogens (tertiary/aromatic N) is 1. The molecule has 94 valence electrons. The van der Waals surface area contributed by atoms with Crippen LogP contribution in [0.1, 0.15) is 5.56 Å². The van der Waals surface area contributed by atoms with Crippen LogP contribution >= 0.6 is 15.9 Å². The first kappa shape index (κ1) is 12.2. The molecule has 0 amide bonds. The van der Waals surface area contributed by atoms with Crippen molar-refractivity contribution in [1.82, 2.24) is 4.57 Å². The second-order valence-corrected chi connectivity index (χ2v) is 5.40. The summed E-state index contributed by atoms with van der Waals surface area (Å²) in [5.41, 5.74) is 2.49. The SMILES string of the molecule is Brc1ccc2ccn(C/C=C/c3ccccc3)c2c1. The van der Waals surface area contributed by atoms with Crippen molar-refractivity contribution in [1.29, 1.82) is 0 Å². The molecule has 19 heavy (non-hydrogen) atoms. The van der Waals surface area contributed by atoms with Gasteiger partial charge >= 0.3 is 0 Å². The van der Waals surface area contributed by atoms with Gasteiger partial charge in [-0.2, -0.15) is 0 Å². The van der Waals surface area contributed by atoms with Gasteiger partial charge in [0.1, 0.15) is 0 Å². The molecule has 0 saturated heterocycles. The highest BCUT2D eigenvalue weighted by Crippen LogP contribution is 2.21. The van der Waals surface area contributed by atoms with Gasteiger partial charge in [-0.3, -0.25) is 0 Å². The highest BCUT2D eigenvalue weighted by Gasteiger charge is 1.99. The Bertz CT molecular complexity index is 710. The molecule has 1 heterocycles. The first-order valence-electron chi connectivity index (χ1n) is 6.29. The average molecular weight is 312 g/mol. The van der Waals surface area contributed by atoms with E-state index in [2.05, 4.69) is 87.4 Å². The van der Waals surface area contributed by atoms with Gasteiger partial charge in [-0.1, -0.05) is 64.5 Å². The van der Waals surface area contributed by atoms with Crippen molar-refractivity contribution in [2.75, 3.05) is 0 Å². The fourth-order valence-electron chi connectivity index (χ4n) is 2.18. The fraction of sp³-hybridized carbons (Fsp3) is 0.0588. The standard InChI is InChI=1S/C17H14BrN/c18-16-9-8-15-10-12-19(17(15)13-16)11-4-7-14-5-2-1-3-6-14/h1-10,12-13H,11H2/b7-4+. The molecule has 0 radical (unpaired) electrons. The van der Waals surface area contributed by atoms with Crippen LogP contribution in [0.25, 0.3) is 17.0 Å². The maximum absolute atomic E-state index is 3.52. The van der Waals surface area contributed by atoms with Gasteiger partial charge in [0.15, 0.2) is 0 Å². The van der Waals surface area contributed by atoms with E-state index in [0.29, 0.717) is 0 Å². The molecule has 0 spiro atoms. The number of hydrogen-bond donors (Lipinski definition) is 0. The van der Waals surface area contributed by atoms with Gasteiger partial charge in [0, 0.05) is 22.7 Å². The molecule has 0 aliphatic heterocycles. The molecule has 0 unspecified atom stereocenters. The van der Waals surface area contributed by atoms with E-state index in [1.54, 1.807) is 0 Å². The van der Waals surface area contributed by atoms with Crippen molar-refractivity contribution >= 4 is 32.9 Å². The lowest BCUT2D eigenvalue weighted by atomic mass is 10.2. The minimum absolute atomic E-state index is 0.884. The number of benzene rings is 2. The third-order valence-corrected chi connectivity index (χ3v) is 3.64. The van der Waals surface area contributed by atoms with Crippen LogP contribution in [-0.2, 0) is 6.54 Å². The lowest BCUT2D eigenvalue weighted by Gasteiger charge is -2.02. The third-order valence-electron chi connectivity index (χ3n) is 3.15. The number of rotatable bonds is 3. The zero-order valence-corrected chi connectivity index (χ0v) is 12.0. The summed E-state index contributed by atoms with van der Waals surface area (Å²) in [5, 5.41) is 1.27. The summed E-state index contributed by atoms with van der Waals surface area (Å²) in [6.07, 6.45) is 6.48. The fourth-order valence-corrected chi connectivity index (χ4v) is 2.53. The van der Waals surface area contributed by atoms with Crippen molar-refractivity contribution in [3.63, 3.8) is 0 Å². The Morgan fingerprint density at radius 2 is 1.84 bits per heavy atom.